The van der Waals surface area contributed by atoms with Crippen molar-refractivity contribution in [2.75, 3.05) is 6.54 Å². The lowest BCUT2D eigenvalue weighted by Gasteiger charge is -2.10. The fourth-order valence-electron chi connectivity index (χ4n) is 2.14. The molecule has 0 atom stereocenters. The van der Waals surface area contributed by atoms with Crippen LogP contribution in [0.2, 0.25) is 0 Å². The van der Waals surface area contributed by atoms with Crippen molar-refractivity contribution in [1.29, 1.82) is 0 Å². The zero-order valence-corrected chi connectivity index (χ0v) is 12.6. The van der Waals surface area contributed by atoms with Crippen molar-refractivity contribution in [1.82, 2.24) is 14.9 Å². The summed E-state index contributed by atoms with van der Waals surface area (Å²) >= 11 is 0. The van der Waals surface area contributed by atoms with Crippen LogP contribution in [0.1, 0.15) is 31.5 Å². The monoisotopic (exact) mass is 291 g/mol. The summed E-state index contributed by atoms with van der Waals surface area (Å²) in [5.41, 5.74) is 1.88. The molecule has 5 heteroatoms. The van der Waals surface area contributed by atoms with Crippen molar-refractivity contribution in [2.24, 2.45) is 0 Å². The van der Waals surface area contributed by atoms with E-state index < -0.39 is 0 Å². The molecule has 2 aromatic rings. The van der Waals surface area contributed by atoms with Crippen molar-refractivity contribution >= 4 is 0 Å². The summed E-state index contributed by atoms with van der Waals surface area (Å²) in [4.78, 5) is 4.13. The fraction of sp³-hybridized carbons (Fsp3) is 0.438. The van der Waals surface area contributed by atoms with Crippen molar-refractivity contribution in [2.45, 2.75) is 40.0 Å². The van der Waals surface area contributed by atoms with Crippen LogP contribution < -0.4 is 10.1 Å². The van der Waals surface area contributed by atoms with Gasteiger partial charge in [0.2, 0.25) is 0 Å². The lowest BCUT2D eigenvalue weighted by Crippen LogP contribution is -2.12. The second-order valence-electron chi connectivity index (χ2n) is 4.94. The molecular weight excluding hydrogens is 269 g/mol. The Hall–Kier alpha value is -1.88. The highest BCUT2D eigenvalue weighted by molar-refractivity contribution is 5.29. The maximum atomic E-state index is 13.6. The van der Waals surface area contributed by atoms with E-state index in [4.69, 9.17) is 4.74 Å². The van der Waals surface area contributed by atoms with Crippen LogP contribution in [0.15, 0.2) is 30.7 Å². The first kappa shape index (κ1) is 15.5. The molecule has 2 rings (SSSR count). The summed E-state index contributed by atoms with van der Waals surface area (Å²) in [7, 11) is 0. The lowest BCUT2D eigenvalue weighted by molar-refractivity contribution is 0.292. The van der Waals surface area contributed by atoms with Gasteiger partial charge < -0.3 is 14.6 Å². The summed E-state index contributed by atoms with van der Waals surface area (Å²) < 4.78 is 21.4. The van der Waals surface area contributed by atoms with E-state index in [1.807, 2.05) is 13.0 Å². The normalized spacial score (nSPS) is 10.8. The maximum absolute atomic E-state index is 13.6. The van der Waals surface area contributed by atoms with E-state index in [9.17, 15) is 4.39 Å². The van der Waals surface area contributed by atoms with Gasteiger partial charge in [-0.05, 0) is 30.7 Å². The fourth-order valence-corrected chi connectivity index (χ4v) is 2.14. The molecule has 0 aliphatic heterocycles. The van der Waals surface area contributed by atoms with Crippen molar-refractivity contribution in [3.05, 3.63) is 47.8 Å². The number of nitrogens with one attached hydrogen (secondary N) is 1. The number of imidazole rings is 1. The molecule has 0 radical (unpaired) electrons. The van der Waals surface area contributed by atoms with Gasteiger partial charge in [-0.15, -0.1) is 0 Å². The minimum atomic E-state index is -0.275. The molecule has 1 N–H and O–H groups in total. The highest BCUT2D eigenvalue weighted by atomic mass is 19.1. The van der Waals surface area contributed by atoms with Crippen LogP contribution in [0, 0.1) is 5.82 Å². The van der Waals surface area contributed by atoms with Gasteiger partial charge in [-0.25, -0.2) is 9.37 Å². The van der Waals surface area contributed by atoms with Crippen LogP contribution in [0.5, 0.6) is 5.75 Å². The molecule has 4 nitrogen and oxygen atoms in total. The number of halogens is 1. The molecule has 1 aromatic carbocycles. The summed E-state index contributed by atoms with van der Waals surface area (Å²) in [6, 6.07) is 4.80. The highest BCUT2D eigenvalue weighted by Gasteiger charge is 2.05. The third kappa shape index (κ3) is 4.56. The molecule has 0 unspecified atom stereocenters. The van der Waals surface area contributed by atoms with E-state index in [0.29, 0.717) is 18.9 Å². The zero-order chi connectivity index (χ0) is 15.1. The maximum Gasteiger partial charge on any atom is 0.130 e. The molecule has 1 aromatic heterocycles. The van der Waals surface area contributed by atoms with Crippen LogP contribution >= 0.6 is 0 Å². The van der Waals surface area contributed by atoms with E-state index in [0.717, 1.165) is 30.8 Å². The molecule has 0 aliphatic rings. The number of hydrogen-bond donors (Lipinski definition) is 1. The summed E-state index contributed by atoms with van der Waals surface area (Å²) in [6.07, 6.45) is 4.62. The van der Waals surface area contributed by atoms with Crippen LogP contribution in [-0.2, 0) is 19.7 Å². The van der Waals surface area contributed by atoms with Gasteiger partial charge >= 0.3 is 0 Å². The number of benzene rings is 1. The van der Waals surface area contributed by atoms with Gasteiger partial charge in [-0.2, -0.15) is 0 Å². The second kappa shape index (κ2) is 7.78. The predicted octanol–water partition coefficient (Wildman–Crippen LogP) is 3.12. The van der Waals surface area contributed by atoms with Gasteiger partial charge in [0.1, 0.15) is 18.2 Å². The van der Waals surface area contributed by atoms with Gasteiger partial charge in [0.25, 0.3) is 0 Å². The molecule has 0 aliphatic carbocycles. The Bertz CT molecular complexity index is 568. The Kier molecular flexibility index (Phi) is 5.75. The summed E-state index contributed by atoms with van der Waals surface area (Å²) in [6.45, 7) is 6.93. The molecule has 1 heterocycles. The molecule has 0 spiro atoms. The van der Waals surface area contributed by atoms with E-state index in [1.54, 1.807) is 12.5 Å². The first-order valence-electron chi connectivity index (χ1n) is 7.35. The number of rotatable bonds is 8. The molecule has 114 valence electrons. The van der Waals surface area contributed by atoms with Gasteiger partial charge in [-0.1, -0.05) is 13.8 Å². The predicted molar refractivity (Wildman–Crippen MR) is 80.6 cm³/mol. The smallest absolute Gasteiger partial charge is 0.130 e. The van der Waals surface area contributed by atoms with Gasteiger partial charge in [-0.3, -0.25) is 0 Å². The number of nitrogens with zero attached hydrogens (tertiary/aromatic N) is 2. The van der Waals surface area contributed by atoms with Crippen molar-refractivity contribution in [3.63, 3.8) is 0 Å². The third-order valence-electron chi connectivity index (χ3n) is 3.16. The Morgan fingerprint density at radius 1 is 1.29 bits per heavy atom. The largest absolute Gasteiger partial charge is 0.487 e. The standard InChI is InChI=1S/C16H22FN3O/c1-3-5-20-12-19-10-15(20)11-21-16-7-13(9-18-4-2)6-14(17)8-16/h6-8,10,12,18H,3-5,9,11H2,1-2H3. The van der Waals surface area contributed by atoms with Crippen LogP contribution in [0.25, 0.3) is 0 Å². The number of ether oxygens (including phenoxy) is 1. The molecule has 21 heavy (non-hydrogen) atoms. The van der Waals surface area contributed by atoms with E-state index >= 15 is 0 Å². The van der Waals surface area contributed by atoms with Crippen LogP contribution in [0.3, 0.4) is 0 Å². The molecular formula is C16H22FN3O. The molecule has 0 saturated heterocycles. The minimum absolute atomic E-state index is 0.275. The number of hydrogen-bond acceptors (Lipinski definition) is 3. The Morgan fingerprint density at radius 2 is 2.14 bits per heavy atom. The topological polar surface area (TPSA) is 39.1 Å². The van der Waals surface area contributed by atoms with E-state index in [-0.39, 0.29) is 5.82 Å². The third-order valence-corrected chi connectivity index (χ3v) is 3.16. The van der Waals surface area contributed by atoms with Crippen LogP contribution in [0.4, 0.5) is 4.39 Å². The van der Waals surface area contributed by atoms with Crippen molar-refractivity contribution in [3.8, 4) is 5.75 Å². The summed E-state index contributed by atoms with van der Waals surface area (Å²) in [5, 5.41) is 3.18. The quantitative estimate of drug-likeness (QED) is 0.812. The zero-order valence-electron chi connectivity index (χ0n) is 12.6. The second-order valence-corrected chi connectivity index (χ2v) is 4.94. The van der Waals surface area contributed by atoms with E-state index in [2.05, 4.69) is 21.8 Å². The Balaban J connectivity index is 2.02. The Morgan fingerprint density at radius 3 is 2.90 bits per heavy atom. The SMILES string of the molecule is CCCn1cncc1COc1cc(F)cc(CNCC)c1. The van der Waals surface area contributed by atoms with Crippen molar-refractivity contribution < 1.29 is 9.13 Å². The first-order valence-corrected chi connectivity index (χ1v) is 7.35. The van der Waals surface area contributed by atoms with E-state index in [1.165, 1.54) is 12.1 Å². The van der Waals surface area contributed by atoms with Gasteiger partial charge in [0, 0.05) is 19.2 Å². The highest BCUT2D eigenvalue weighted by Crippen LogP contribution is 2.18. The molecule has 0 fully saturated rings. The lowest BCUT2D eigenvalue weighted by atomic mass is 10.2. The average Bonchev–Trinajstić information content (AvgIpc) is 2.90. The first-order chi connectivity index (χ1) is 10.2. The summed E-state index contributed by atoms with van der Waals surface area (Å²) in [5.74, 6) is 0.273. The average molecular weight is 291 g/mol. The minimum Gasteiger partial charge on any atom is -0.487 e. The number of aromatic nitrogens is 2. The van der Waals surface area contributed by atoms with Crippen LogP contribution in [-0.4, -0.2) is 16.1 Å². The Labute approximate surface area is 125 Å². The molecule has 0 saturated carbocycles. The molecule has 0 amide bonds. The molecule has 0 bridgehead atoms. The van der Waals surface area contributed by atoms with Gasteiger partial charge in [0.15, 0.2) is 0 Å². The number of aryl methyl sites for hydroxylation is 1. The van der Waals surface area contributed by atoms with Gasteiger partial charge in [0.05, 0.1) is 18.2 Å².